The molecular formula is C9H6NO. The number of hydrogen-bond acceptors (Lipinski definition) is 2. The molecule has 0 bridgehead atoms. The third kappa shape index (κ3) is 0.923. The molecule has 0 fully saturated rings. The van der Waals surface area contributed by atoms with Crippen LogP contribution in [-0.2, 0) is 0 Å². The largest absolute Gasteiger partial charge is 0.493 e. The zero-order valence-electron chi connectivity index (χ0n) is 5.78. The first kappa shape index (κ1) is 6.16. The second-order valence-electron chi connectivity index (χ2n) is 2.28. The van der Waals surface area contributed by atoms with Gasteiger partial charge in [-0.15, -0.1) is 0 Å². The van der Waals surface area contributed by atoms with Crippen molar-refractivity contribution in [3.05, 3.63) is 36.5 Å². The van der Waals surface area contributed by atoms with Gasteiger partial charge < -0.3 is 5.11 Å². The van der Waals surface area contributed by atoms with E-state index in [9.17, 15) is 5.11 Å². The Kier molecular flexibility index (Phi) is 1.25. The predicted octanol–water partition coefficient (Wildman–Crippen LogP) is 1.74. The van der Waals surface area contributed by atoms with Crippen molar-refractivity contribution in [3.8, 4) is 5.88 Å². The minimum Gasteiger partial charge on any atom is -0.493 e. The van der Waals surface area contributed by atoms with E-state index in [0.29, 0.717) is 0 Å². The zero-order valence-corrected chi connectivity index (χ0v) is 5.78. The topological polar surface area (TPSA) is 33.1 Å². The van der Waals surface area contributed by atoms with E-state index >= 15 is 0 Å². The van der Waals surface area contributed by atoms with Crippen molar-refractivity contribution >= 4 is 10.8 Å². The van der Waals surface area contributed by atoms with E-state index in [0.717, 1.165) is 10.8 Å². The summed E-state index contributed by atoms with van der Waals surface area (Å²) >= 11 is 0. The maximum atomic E-state index is 9.24. The summed E-state index contributed by atoms with van der Waals surface area (Å²) in [6, 6.07) is 10.1. The second-order valence-corrected chi connectivity index (χ2v) is 2.28. The Morgan fingerprint density at radius 3 is 3.09 bits per heavy atom. The maximum absolute atomic E-state index is 9.24. The fraction of sp³-hybridized carbons (Fsp3) is 0. The van der Waals surface area contributed by atoms with Gasteiger partial charge in [0.15, 0.2) is 0 Å². The Labute approximate surface area is 64.1 Å². The number of pyridine rings is 1. The molecule has 0 amide bonds. The minimum absolute atomic E-state index is 0.0688. The lowest BCUT2D eigenvalue weighted by Crippen LogP contribution is -1.76. The summed E-state index contributed by atoms with van der Waals surface area (Å²) in [5.41, 5.74) is 0. The van der Waals surface area contributed by atoms with Gasteiger partial charge >= 0.3 is 0 Å². The smallest absolute Gasteiger partial charge is 0.218 e. The number of nitrogens with zero attached hydrogens (tertiary/aromatic N) is 1. The van der Waals surface area contributed by atoms with Crippen LogP contribution < -0.4 is 0 Å². The molecule has 0 saturated heterocycles. The van der Waals surface area contributed by atoms with Gasteiger partial charge in [-0.05, 0) is 23.6 Å². The van der Waals surface area contributed by atoms with Crippen LogP contribution in [0.25, 0.3) is 10.8 Å². The summed E-state index contributed by atoms with van der Waals surface area (Å²) in [4.78, 5) is 3.74. The zero-order chi connectivity index (χ0) is 7.68. The van der Waals surface area contributed by atoms with Crippen molar-refractivity contribution in [2.45, 2.75) is 0 Å². The molecule has 53 valence electrons. The van der Waals surface area contributed by atoms with E-state index in [2.05, 4.69) is 11.1 Å². The SMILES string of the molecule is Oc1nccc2cc[c]cc12. The Morgan fingerprint density at radius 2 is 2.27 bits per heavy atom. The molecule has 0 aliphatic carbocycles. The van der Waals surface area contributed by atoms with Crippen LogP contribution in [0.1, 0.15) is 0 Å². The van der Waals surface area contributed by atoms with E-state index in [1.165, 1.54) is 0 Å². The van der Waals surface area contributed by atoms with E-state index in [1.54, 1.807) is 12.3 Å². The van der Waals surface area contributed by atoms with E-state index in [1.807, 2.05) is 18.2 Å². The molecule has 2 rings (SSSR count). The summed E-state index contributed by atoms with van der Waals surface area (Å²) < 4.78 is 0. The molecule has 1 heterocycles. The first-order chi connectivity index (χ1) is 5.38. The molecule has 2 nitrogen and oxygen atoms in total. The van der Waals surface area contributed by atoms with Crippen molar-refractivity contribution in [2.24, 2.45) is 0 Å². The highest BCUT2D eigenvalue weighted by atomic mass is 16.3. The molecule has 0 saturated carbocycles. The number of hydrogen-bond donors (Lipinski definition) is 1. The fourth-order valence-electron chi connectivity index (χ4n) is 1.04. The van der Waals surface area contributed by atoms with Crippen LogP contribution in [0.4, 0.5) is 0 Å². The normalized spacial score (nSPS) is 10.2. The Balaban J connectivity index is 2.91. The highest BCUT2D eigenvalue weighted by Gasteiger charge is 1.96. The molecule has 0 atom stereocenters. The quantitative estimate of drug-likeness (QED) is 0.611. The van der Waals surface area contributed by atoms with Gasteiger partial charge in [0.2, 0.25) is 5.88 Å². The second kappa shape index (κ2) is 2.23. The summed E-state index contributed by atoms with van der Waals surface area (Å²) in [5, 5.41) is 11.0. The number of fused-ring (bicyclic) bond motifs is 1. The first-order valence-electron chi connectivity index (χ1n) is 3.32. The van der Waals surface area contributed by atoms with Crippen LogP contribution in [0.15, 0.2) is 30.5 Å². The molecule has 1 radical (unpaired) electrons. The van der Waals surface area contributed by atoms with Crippen LogP contribution >= 0.6 is 0 Å². The number of benzene rings is 1. The summed E-state index contributed by atoms with van der Waals surface area (Å²) in [5.74, 6) is 0.0688. The van der Waals surface area contributed by atoms with Crippen molar-refractivity contribution in [3.63, 3.8) is 0 Å². The number of aromatic hydroxyl groups is 1. The lowest BCUT2D eigenvalue weighted by molar-refractivity contribution is 0.460. The van der Waals surface area contributed by atoms with Gasteiger partial charge in [0, 0.05) is 11.6 Å². The average molecular weight is 144 g/mol. The monoisotopic (exact) mass is 144 g/mol. The third-order valence-electron chi connectivity index (χ3n) is 1.59. The first-order valence-corrected chi connectivity index (χ1v) is 3.32. The summed E-state index contributed by atoms with van der Waals surface area (Å²) in [6.45, 7) is 0. The van der Waals surface area contributed by atoms with Crippen molar-refractivity contribution in [2.75, 3.05) is 0 Å². The molecule has 1 aromatic carbocycles. The maximum Gasteiger partial charge on any atom is 0.218 e. The molecule has 1 N–H and O–H groups in total. The Hall–Kier alpha value is -1.57. The van der Waals surface area contributed by atoms with Crippen molar-refractivity contribution in [1.82, 2.24) is 4.98 Å². The van der Waals surface area contributed by atoms with Gasteiger partial charge in [-0.25, -0.2) is 4.98 Å². The molecule has 11 heavy (non-hydrogen) atoms. The minimum atomic E-state index is 0.0688. The van der Waals surface area contributed by atoms with Gasteiger partial charge in [0.1, 0.15) is 0 Å². The van der Waals surface area contributed by atoms with E-state index in [-0.39, 0.29) is 5.88 Å². The van der Waals surface area contributed by atoms with Crippen LogP contribution in [0, 0.1) is 6.07 Å². The molecule has 0 unspecified atom stereocenters. The lowest BCUT2D eigenvalue weighted by Gasteiger charge is -1.96. The fourth-order valence-corrected chi connectivity index (χ4v) is 1.04. The molecule has 0 spiro atoms. The van der Waals surface area contributed by atoms with E-state index in [4.69, 9.17) is 0 Å². The molecule has 0 aliphatic rings. The average Bonchev–Trinajstić information content (AvgIpc) is 2.06. The number of rotatable bonds is 0. The highest BCUT2D eigenvalue weighted by molar-refractivity contribution is 5.85. The lowest BCUT2D eigenvalue weighted by atomic mass is 10.2. The number of aromatic nitrogens is 1. The van der Waals surface area contributed by atoms with Crippen molar-refractivity contribution in [1.29, 1.82) is 0 Å². The summed E-state index contributed by atoms with van der Waals surface area (Å²) in [6.07, 6.45) is 1.58. The Bertz CT molecular complexity index is 379. The van der Waals surface area contributed by atoms with Gasteiger partial charge in [-0.3, -0.25) is 0 Å². The molecule has 1 aromatic heterocycles. The molecular weight excluding hydrogens is 138 g/mol. The van der Waals surface area contributed by atoms with Gasteiger partial charge in [0.05, 0.1) is 0 Å². The molecule has 2 heteroatoms. The summed E-state index contributed by atoms with van der Waals surface area (Å²) in [7, 11) is 0. The van der Waals surface area contributed by atoms with Crippen LogP contribution in [0.2, 0.25) is 0 Å². The van der Waals surface area contributed by atoms with Crippen LogP contribution in [0.3, 0.4) is 0 Å². The van der Waals surface area contributed by atoms with Crippen LogP contribution in [-0.4, -0.2) is 10.1 Å². The Morgan fingerprint density at radius 1 is 1.36 bits per heavy atom. The predicted molar refractivity (Wildman–Crippen MR) is 42.2 cm³/mol. The standard InChI is InChI=1S/C9H6NO/c11-9-8-4-2-1-3-7(8)5-6-10-9/h1,3-6H,(H,10,11). The van der Waals surface area contributed by atoms with Crippen LogP contribution in [0.5, 0.6) is 5.88 Å². The van der Waals surface area contributed by atoms with Gasteiger partial charge in [0.25, 0.3) is 0 Å². The molecule has 0 aliphatic heterocycles. The van der Waals surface area contributed by atoms with E-state index < -0.39 is 0 Å². The third-order valence-corrected chi connectivity index (χ3v) is 1.59. The van der Waals surface area contributed by atoms with Gasteiger partial charge in [-0.2, -0.15) is 0 Å². The highest BCUT2D eigenvalue weighted by Crippen LogP contribution is 2.19. The van der Waals surface area contributed by atoms with Gasteiger partial charge in [-0.1, -0.05) is 12.1 Å². The molecule has 2 aromatic rings. The van der Waals surface area contributed by atoms with Crippen molar-refractivity contribution < 1.29 is 5.11 Å².